The molecule has 8 heteroatoms. The van der Waals surface area contributed by atoms with Crippen LogP contribution < -0.4 is 10.5 Å². The monoisotopic (exact) mass is 496 g/mol. The number of sulfonamides is 1. The van der Waals surface area contributed by atoms with Crippen LogP contribution in [0.15, 0.2) is 48.6 Å². The van der Waals surface area contributed by atoms with Crippen LogP contribution >= 0.6 is 47.8 Å². The number of anilines is 2. The molecule has 0 heterocycles. The van der Waals surface area contributed by atoms with Crippen LogP contribution in [0.3, 0.4) is 0 Å². The molecule has 0 unspecified atom stereocenters. The first kappa shape index (κ1) is 16.8. The van der Waals surface area contributed by atoms with Gasteiger partial charge in [-0.15, -0.1) is 0 Å². The van der Waals surface area contributed by atoms with E-state index in [0.29, 0.717) is 14.6 Å². The molecule has 112 valence electrons. The lowest BCUT2D eigenvalue weighted by Crippen LogP contribution is -2.15. The summed E-state index contributed by atoms with van der Waals surface area (Å²) in [6.45, 7) is 1.85. The van der Waals surface area contributed by atoms with E-state index in [1.165, 1.54) is 6.07 Å². The highest BCUT2D eigenvalue weighted by Gasteiger charge is 2.20. The lowest BCUT2D eigenvalue weighted by Gasteiger charge is -2.13. The Morgan fingerprint density at radius 1 is 1.05 bits per heavy atom. The highest BCUT2D eigenvalue weighted by atomic mass is 79.9. The van der Waals surface area contributed by atoms with Crippen LogP contribution in [0.1, 0.15) is 5.56 Å². The van der Waals surface area contributed by atoms with E-state index >= 15 is 0 Å². The molecule has 0 amide bonds. The van der Waals surface area contributed by atoms with E-state index in [1.54, 1.807) is 24.3 Å². The topological polar surface area (TPSA) is 72.2 Å². The maximum atomic E-state index is 12.5. The molecule has 0 aliphatic heterocycles. The molecule has 0 spiro atoms. The van der Waals surface area contributed by atoms with Crippen molar-refractivity contribution in [1.82, 2.24) is 0 Å². The molecule has 0 atom stereocenters. The van der Waals surface area contributed by atoms with Crippen LogP contribution in [0.4, 0.5) is 11.4 Å². The van der Waals surface area contributed by atoms with Crippen LogP contribution in [0.2, 0.25) is 0 Å². The molecule has 2 rings (SSSR count). The Labute approximate surface area is 148 Å². The van der Waals surface area contributed by atoms with Crippen molar-refractivity contribution in [3.05, 3.63) is 49.3 Å². The second-order valence-corrected chi connectivity index (χ2v) is 8.67. The second-order valence-electron chi connectivity index (χ2n) is 4.39. The third kappa shape index (κ3) is 3.80. The standard InChI is InChI=1S/C13H11Br3N2O2S/c1-7-2-3-12(11(17)4-7)21(19,20)18-13-9(15)5-8(14)6-10(13)16/h2-6,18H,17H2,1H3. The molecule has 0 saturated heterocycles. The summed E-state index contributed by atoms with van der Waals surface area (Å²) >= 11 is 10.0. The van der Waals surface area contributed by atoms with Crippen LogP contribution in [-0.2, 0) is 10.0 Å². The van der Waals surface area contributed by atoms with Crippen molar-refractivity contribution >= 4 is 69.2 Å². The van der Waals surface area contributed by atoms with Gasteiger partial charge in [-0.3, -0.25) is 4.72 Å². The Morgan fingerprint density at radius 3 is 2.14 bits per heavy atom. The van der Waals surface area contributed by atoms with Crippen molar-refractivity contribution in [3.63, 3.8) is 0 Å². The fourth-order valence-corrected chi connectivity index (χ4v) is 5.68. The molecular weight excluding hydrogens is 488 g/mol. The van der Waals surface area contributed by atoms with Crippen LogP contribution in [0.5, 0.6) is 0 Å². The van der Waals surface area contributed by atoms with Crippen molar-refractivity contribution in [2.45, 2.75) is 11.8 Å². The average molecular weight is 499 g/mol. The van der Waals surface area contributed by atoms with E-state index in [1.807, 2.05) is 6.92 Å². The molecule has 0 bridgehead atoms. The van der Waals surface area contributed by atoms with Crippen molar-refractivity contribution < 1.29 is 8.42 Å². The van der Waals surface area contributed by atoms with Gasteiger partial charge >= 0.3 is 0 Å². The second kappa shape index (κ2) is 6.28. The van der Waals surface area contributed by atoms with Gasteiger partial charge in [0.1, 0.15) is 4.90 Å². The quantitative estimate of drug-likeness (QED) is 0.604. The van der Waals surface area contributed by atoms with Gasteiger partial charge in [-0.25, -0.2) is 8.42 Å². The SMILES string of the molecule is Cc1ccc(S(=O)(=O)Nc2c(Br)cc(Br)cc2Br)c(N)c1. The van der Waals surface area contributed by atoms with Crippen molar-refractivity contribution in [1.29, 1.82) is 0 Å². The molecule has 3 N–H and O–H groups in total. The smallest absolute Gasteiger partial charge is 0.264 e. The van der Waals surface area contributed by atoms with Crippen LogP contribution in [0, 0.1) is 6.92 Å². The first-order valence-corrected chi connectivity index (χ1v) is 9.60. The van der Waals surface area contributed by atoms with Crippen molar-refractivity contribution in [2.24, 2.45) is 0 Å². The van der Waals surface area contributed by atoms with Gasteiger partial charge in [-0.2, -0.15) is 0 Å². The minimum Gasteiger partial charge on any atom is -0.398 e. The Hall–Kier alpha value is -0.570. The molecule has 0 fully saturated rings. The van der Waals surface area contributed by atoms with E-state index in [0.717, 1.165) is 10.0 Å². The molecule has 21 heavy (non-hydrogen) atoms. The fourth-order valence-electron chi connectivity index (χ4n) is 1.74. The Kier molecular flexibility index (Phi) is 5.02. The summed E-state index contributed by atoms with van der Waals surface area (Å²) in [5, 5.41) is 0. The van der Waals surface area contributed by atoms with Gasteiger partial charge in [-0.05, 0) is 68.6 Å². The molecule has 0 radical (unpaired) electrons. The van der Waals surface area contributed by atoms with Gasteiger partial charge in [0.2, 0.25) is 0 Å². The molecule has 2 aromatic rings. The average Bonchev–Trinajstić information content (AvgIpc) is 2.33. The zero-order valence-corrected chi connectivity index (χ0v) is 16.4. The molecule has 0 aromatic heterocycles. The molecule has 0 saturated carbocycles. The summed E-state index contributed by atoms with van der Waals surface area (Å²) in [5.41, 5.74) is 7.34. The molecular formula is C13H11Br3N2O2S. The summed E-state index contributed by atoms with van der Waals surface area (Å²) < 4.78 is 29.5. The summed E-state index contributed by atoms with van der Waals surface area (Å²) in [5.74, 6) is 0. The third-order valence-corrected chi connectivity index (χ3v) is 5.83. The normalized spacial score (nSPS) is 11.4. The number of nitrogens with one attached hydrogen (secondary N) is 1. The van der Waals surface area contributed by atoms with Gasteiger partial charge in [0.15, 0.2) is 0 Å². The number of hydrogen-bond donors (Lipinski definition) is 2. The molecule has 0 aliphatic rings. The molecule has 4 nitrogen and oxygen atoms in total. The highest BCUT2D eigenvalue weighted by Crippen LogP contribution is 2.36. The van der Waals surface area contributed by atoms with E-state index in [-0.39, 0.29) is 10.6 Å². The van der Waals surface area contributed by atoms with Gasteiger partial charge in [0.25, 0.3) is 10.0 Å². The maximum Gasteiger partial charge on any atom is 0.264 e. The molecule has 2 aromatic carbocycles. The van der Waals surface area contributed by atoms with E-state index in [4.69, 9.17) is 5.73 Å². The zero-order chi connectivity index (χ0) is 15.8. The number of nitrogens with two attached hydrogens (primary N) is 1. The fraction of sp³-hybridized carbons (Fsp3) is 0.0769. The zero-order valence-electron chi connectivity index (χ0n) is 10.8. The minimum atomic E-state index is -3.77. The maximum absolute atomic E-state index is 12.5. The summed E-state index contributed by atoms with van der Waals surface area (Å²) in [4.78, 5) is 0.0508. The summed E-state index contributed by atoms with van der Waals surface area (Å²) in [7, 11) is -3.77. The van der Waals surface area contributed by atoms with Crippen LogP contribution in [0.25, 0.3) is 0 Å². The number of benzene rings is 2. The van der Waals surface area contributed by atoms with Gasteiger partial charge in [-0.1, -0.05) is 22.0 Å². The number of halogens is 3. The van der Waals surface area contributed by atoms with Gasteiger partial charge in [0.05, 0.1) is 11.4 Å². The van der Waals surface area contributed by atoms with Crippen molar-refractivity contribution in [2.75, 3.05) is 10.5 Å². The Morgan fingerprint density at radius 2 is 1.62 bits per heavy atom. The number of hydrogen-bond acceptors (Lipinski definition) is 3. The molecule has 0 aliphatic carbocycles. The van der Waals surface area contributed by atoms with Crippen molar-refractivity contribution in [3.8, 4) is 0 Å². The third-order valence-electron chi connectivity index (χ3n) is 2.70. The first-order chi connectivity index (χ1) is 9.70. The first-order valence-electron chi connectivity index (χ1n) is 5.74. The predicted molar refractivity (Wildman–Crippen MR) is 95.9 cm³/mol. The Balaban J connectivity index is 2.47. The minimum absolute atomic E-state index is 0.0508. The number of rotatable bonds is 3. The number of aryl methyl sites for hydroxylation is 1. The largest absolute Gasteiger partial charge is 0.398 e. The van der Waals surface area contributed by atoms with Crippen LogP contribution in [-0.4, -0.2) is 8.42 Å². The lowest BCUT2D eigenvalue weighted by molar-refractivity contribution is 0.601. The Bertz CT molecular complexity index is 784. The van der Waals surface area contributed by atoms with E-state index < -0.39 is 10.0 Å². The highest BCUT2D eigenvalue weighted by molar-refractivity contribution is 9.11. The predicted octanol–water partition coefficient (Wildman–Crippen LogP) is 4.67. The van der Waals surface area contributed by atoms with Gasteiger partial charge in [0, 0.05) is 13.4 Å². The summed E-state index contributed by atoms with van der Waals surface area (Å²) in [6, 6.07) is 8.33. The van der Waals surface area contributed by atoms with E-state index in [9.17, 15) is 8.42 Å². The number of nitrogen functional groups attached to an aromatic ring is 1. The van der Waals surface area contributed by atoms with Gasteiger partial charge < -0.3 is 5.73 Å². The summed E-state index contributed by atoms with van der Waals surface area (Å²) in [6.07, 6.45) is 0. The lowest BCUT2D eigenvalue weighted by atomic mass is 10.2. The van der Waals surface area contributed by atoms with E-state index in [2.05, 4.69) is 52.5 Å².